The molecule has 0 saturated carbocycles. The fraction of sp³-hybridized carbons (Fsp3) is 0.409. The molecular formula is C22H26N4O5S. The van der Waals surface area contributed by atoms with Crippen LogP contribution >= 0.6 is 0 Å². The van der Waals surface area contributed by atoms with Crippen LogP contribution in [0.25, 0.3) is 0 Å². The zero-order chi connectivity index (χ0) is 22.9. The molecule has 0 aromatic heterocycles. The Hall–Kier alpha value is -2.98. The Morgan fingerprint density at radius 1 is 1.03 bits per heavy atom. The van der Waals surface area contributed by atoms with Crippen molar-refractivity contribution in [2.75, 3.05) is 36.8 Å². The van der Waals surface area contributed by atoms with Gasteiger partial charge < -0.3 is 9.80 Å². The number of nitro groups is 1. The summed E-state index contributed by atoms with van der Waals surface area (Å²) in [5.41, 5.74) is 2.86. The molecule has 1 atom stereocenters. The second-order valence-electron chi connectivity index (χ2n) is 8.02. The molecule has 2 heterocycles. The van der Waals surface area contributed by atoms with Gasteiger partial charge in [0.1, 0.15) is 6.04 Å². The molecule has 0 radical (unpaired) electrons. The van der Waals surface area contributed by atoms with Crippen LogP contribution in [0.5, 0.6) is 0 Å². The lowest BCUT2D eigenvalue weighted by Crippen LogP contribution is -2.57. The first-order valence-corrected chi connectivity index (χ1v) is 12.3. The Bertz CT molecular complexity index is 1110. The Labute approximate surface area is 187 Å². The van der Waals surface area contributed by atoms with Crippen molar-refractivity contribution in [3.8, 4) is 0 Å². The molecule has 0 aliphatic carbocycles. The fourth-order valence-corrected chi connectivity index (χ4v) is 5.57. The third kappa shape index (κ3) is 4.33. The molecule has 2 aliphatic heterocycles. The number of piperazine rings is 1. The van der Waals surface area contributed by atoms with Crippen LogP contribution in [0.3, 0.4) is 0 Å². The Morgan fingerprint density at radius 3 is 2.25 bits per heavy atom. The third-order valence-electron chi connectivity index (χ3n) is 6.23. The summed E-state index contributed by atoms with van der Waals surface area (Å²) in [6, 6.07) is 13.3. The van der Waals surface area contributed by atoms with Gasteiger partial charge in [0, 0.05) is 50.5 Å². The first-order chi connectivity index (χ1) is 15.3. The number of carbonyl (C=O) groups is 1. The number of amides is 1. The van der Waals surface area contributed by atoms with Gasteiger partial charge in [-0.05, 0) is 36.6 Å². The molecule has 2 aromatic rings. The molecule has 1 fully saturated rings. The Kier molecular flexibility index (Phi) is 6.16. The van der Waals surface area contributed by atoms with E-state index in [2.05, 4.69) is 4.90 Å². The fourth-order valence-electron chi connectivity index (χ4n) is 4.35. The van der Waals surface area contributed by atoms with Crippen LogP contribution in [0.15, 0.2) is 48.5 Å². The normalized spacial score (nSPS) is 19.5. The summed E-state index contributed by atoms with van der Waals surface area (Å²) in [5.74, 6) is -0.216. The summed E-state index contributed by atoms with van der Waals surface area (Å²) in [6.07, 6.45) is 0.372. The maximum absolute atomic E-state index is 13.4. The molecule has 32 heavy (non-hydrogen) atoms. The average molecular weight is 459 g/mol. The molecule has 0 N–H and O–H groups in total. The van der Waals surface area contributed by atoms with E-state index in [-0.39, 0.29) is 23.9 Å². The first-order valence-electron chi connectivity index (χ1n) is 10.6. The summed E-state index contributed by atoms with van der Waals surface area (Å²) in [4.78, 5) is 27.7. The minimum Gasteiger partial charge on any atom is -0.368 e. The van der Waals surface area contributed by atoms with Crippen LogP contribution in [0.1, 0.15) is 18.1 Å². The quantitative estimate of drug-likeness (QED) is 0.502. The molecule has 1 amide bonds. The van der Waals surface area contributed by atoms with Crippen LogP contribution in [0.4, 0.5) is 11.4 Å². The number of nitro benzene ring substituents is 1. The van der Waals surface area contributed by atoms with Crippen molar-refractivity contribution < 1.29 is 18.1 Å². The molecule has 9 nitrogen and oxygen atoms in total. The second kappa shape index (κ2) is 8.87. The predicted molar refractivity (Wildman–Crippen MR) is 121 cm³/mol. The standard InChI is InChI=1S/C22H26N4O5S/c1-2-32(30,31)25-16-18-6-4-3-5-17(18)15-21(25)22(27)24-13-11-23(12-14-24)19-7-9-20(10-8-19)26(28)29/h3-10,21H,2,11-16H2,1H3. The second-order valence-corrected chi connectivity index (χ2v) is 10.2. The summed E-state index contributed by atoms with van der Waals surface area (Å²) < 4.78 is 26.9. The maximum atomic E-state index is 13.4. The van der Waals surface area contributed by atoms with E-state index in [1.54, 1.807) is 24.0 Å². The van der Waals surface area contributed by atoms with Gasteiger partial charge >= 0.3 is 0 Å². The van der Waals surface area contributed by atoms with Crippen molar-refractivity contribution in [2.24, 2.45) is 0 Å². The molecular weight excluding hydrogens is 432 g/mol. The largest absolute Gasteiger partial charge is 0.368 e. The summed E-state index contributed by atoms with van der Waals surface area (Å²) in [7, 11) is -3.54. The molecule has 2 aromatic carbocycles. The zero-order valence-electron chi connectivity index (χ0n) is 17.9. The summed E-state index contributed by atoms with van der Waals surface area (Å²) in [5, 5.41) is 10.9. The Morgan fingerprint density at radius 2 is 1.66 bits per heavy atom. The van der Waals surface area contributed by atoms with E-state index in [1.165, 1.54) is 16.4 Å². The van der Waals surface area contributed by atoms with Crippen LogP contribution in [0, 0.1) is 10.1 Å². The van der Waals surface area contributed by atoms with Gasteiger partial charge in [0.15, 0.2) is 0 Å². The minimum absolute atomic E-state index is 0.0392. The lowest BCUT2D eigenvalue weighted by Gasteiger charge is -2.41. The molecule has 1 saturated heterocycles. The van der Waals surface area contributed by atoms with Crippen molar-refractivity contribution in [3.63, 3.8) is 0 Å². The maximum Gasteiger partial charge on any atom is 0.269 e. The monoisotopic (exact) mass is 458 g/mol. The number of hydrogen-bond acceptors (Lipinski definition) is 6. The molecule has 1 unspecified atom stereocenters. The number of rotatable bonds is 5. The van der Waals surface area contributed by atoms with E-state index in [0.29, 0.717) is 32.6 Å². The number of anilines is 1. The molecule has 4 rings (SSSR count). The minimum atomic E-state index is -3.54. The van der Waals surface area contributed by atoms with Gasteiger partial charge in [0.2, 0.25) is 15.9 Å². The van der Waals surface area contributed by atoms with E-state index in [0.717, 1.165) is 16.8 Å². The van der Waals surface area contributed by atoms with Crippen molar-refractivity contribution in [3.05, 3.63) is 69.8 Å². The predicted octanol–water partition coefficient (Wildman–Crippen LogP) is 2.02. The highest BCUT2D eigenvalue weighted by molar-refractivity contribution is 7.89. The molecule has 10 heteroatoms. The molecule has 2 aliphatic rings. The van der Waals surface area contributed by atoms with Gasteiger partial charge in [-0.1, -0.05) is 24.3 Å². The van der Waals surface area contributed by atoms with Gasteiger partial charge in [0.25, 0.3) is 5.69 Å². The number of hydrogen-bond donors (Lipinski definition) is 0. The first kappa shape index (κ1) is 22.2. The van der Waals surface area contributed by atoms with Crippen LogP contribution in [-0.4, -0.2) is 66.4 Å². The van der Waals surface area contributed by atoms with Crippen LogP contribution < -0.4 is 4.90 Å². The highest BCUT2D eigenvalue weighted by Gasteiger charge is 2.40. The lowest BCUT2D eigenvalue weighted by atomic mass is 9.95. The third-order valence-corrected chi connectivity index (χ3v) is 8.06. The topological polar surface area (TPSA) is 104 Å². The smallest absolute Gasteiger partial charge is 0.269 e. The zero-order valence-corrected chi connectivity index (χ0v) is 18.7. The van der Waals surface area contributed by atoms with Crippen molar-refractivity contribution in [2.45, 2.75) is 25.9 Å². The highest BCUT2D eigenvalue weighted by Crippen LogP contribution is 2.28. The Balaban J connectivity index is 1.48. The molecule has 0 bridgehead atoms. The summed E-state index contributed by atoms with van der Waals surface area (Å²) in [6.45, 7) is 3.90. The van der Waals surface area contributed by atoms with E-state index in [1.807, 2.05) is 24.3 Å². The van der Waals surface area contributed by atoms with Gasteiger partial charge in [-0.15, -0.1) is 0 Å². The number of sulfonamides is 1. The molecule has 170 valence electrons. The number of fused-ring (bicyclic) bond motifs is 1. The van der Waals surface area contributed by atoms with Crippen molar-refractivity contribution in [1.29, 1.82) is 0 Å². The van der Waals surface area contributed by atoms with Gasteiger partial charge in [-0.2, -0.15) is 4.31 Å². The van der Waals surface area contributed by atoms with E-state index >= 15 is 0 Å². The average Bonchev–Trinajstić information content (AvgIpc) is 2.83. The lowest BCUT2D eigenvalue weighted by molar-refractivity contribution is -0.384. The number of non-ortho nitro benzene ring substituents is 1. The number of carbonyl (C=O) groups excluding carboxylic acids is 1. The highest BCUT2D eigenvalue weighted by atomic mass is 32.2. The van der Waals surface area contributed by atoms with E-state index in [9.17, 15) is 23.3 Å². The summed E-state index contributed by atoms with van der Waals surface area (Å²) >= 11 is 0. The van der Waals surface area contributed by atoms with Gasteiger partial charge in [-0.3, -0.25) is 14.9 Å². The van der Waals surface area contributed by atoms with Crippen LogP contribution in [-0.2, 0) is 27.8 Å². The number of benzene rings is 2. The van der Waals surface area contributed by atoms with Gasteiger partial charge in [-0.25, -0.2) is 8.42 Å². The SMILES string of the molecule is CCS(=O)(=O)N1Cc2ccccc2CC1C(=O)N1CCN(c2ccc([N+](=O)[O-])cc2)CC1. The van der Waals surface area contributed by atoms with Gasteiger partial charge in [0.05, 0.1) is 10.7 Å². The van der Waals surface area contributed by atoms with Crippen molar-refractivity contribution in [1.82, 2.24) is 9.21 Å². The van der Waals surface area contributed by atoms with E-state index in [4.69, 9.17) is 0 Å². The van der Waals surface area contributed by atoms with Crippen LogP contribution in [0.2, 0.25) is 0 Å². The van der Waals surface area contributed by atoms with E-state index < -0.39 is 21.0 Å². The number of nitrogens with zero attached hydrogens (tertiary/aromatic N) is 4. The molecule has 0 spiro atoms. The van der Waals surface area contributed by atoms with Crippen molar-refractivity contribution >= 4 is 27.3 Å².